The number of hydrogen-bond acceptors (Lipinski definition) is 4. The summed E-state index contributed by atoms with van der Waals surface area (Å²) in [6.45, 7) is 3.83. The standard InChI is InChI=1S/C17H20N4O4/c1-3-4-5-14(22)18-11-7-6-10(2)8-12(11)19-16(24)13-9-15(23)21-17(25)20-13/h6-9H,3-5H2,1-2H3,(H,18,22)(H,19,24)(H2,20,21,23,25). The molecule has 0 aliphatic rings. The molecule has 132 valence electrons. The van der Waals surface area contributed by atoms with Crippen LogP contribution < -0.4 is 21.9 Å². The molecule has 1 aromatic heterocycles. The van der Waals surface area contributed by atoms with Crippen molar-refractivity contribution < 1.29 is 9.59 Å². The minimum atomic E-state index is -0.769. The van der Waals surface area contributed by atoms with E-state index < -0.39 is 17.2 Å². The minimum Gasteiger partial charge on any atom is -0.324 e. The molecule has 2 rings (SSSR count). The normalized spacial score (nSPS) is 10.3. The second-order valence-electron chi connectivity index (χ2n) is 5.66. The number of carbonyl (C=O) groups excluding carboxylic acids is 2. The Labute approximate surface area is 143 Å². The highest BCUT2D eigenvalue weighted by atomic mass is 16.2. The Balaban J connectivity index is 2.24. The lowest BCUT2D eigenvalue weighted by Gasteiger charge is -2.13. The van der Waals surface area contributed by atoms with Gasteiger partial charge in [-0.3, -0.25) is 19.4 Å². The quantitative estimate of drug-likeness (QED) is 0.637. The van der Waals surface area contributed by atoms with Gasteiger partial charge in [-0.05, 0) is 31.0 Å². The Morgan fingerprint density at radius 2 is 1.80 bits per heavy atom. The minimum absolute atomic E-state index is 0.147. The summed E-state index contributed by atoms with van der Waals surface area (Å²) in [5.41, 5.74) is 0.101. The van der Waals surface area contributed by atoms with E-state index >= 15 is 0 Å². The summed E-state index contributed by atoms with van der Waals surface area (Å²) < 4.78 is 0. The van der Waals surface area contributed by atoms with Gasteiger partial charge in [0.25, 0.3) is 11.5 Å². The van der Waals surface area contributed by atoms with Crippen molar-refractivity contribution in [3.05, 3.63) is 56.4 Å². The molecule has 2 aromatic rings. The maximum atomic E-state index is 12.3. The van der Waals surface area contributed by atoms with Gasteiger partial charge in [0.2, 0.25) is 5.91 Å². The number of anilines is 2. The van der Waals surface area contributed by atoms with Gasteiger partial charge in [-0.25, -0.2) is 4.79 Å². The first-order valence-corrected chi connectivity index (χ1v) is 7.94. The van der Waals surface area contributed by atoms with Crippen molar-refractivity contribution in [3.8, 4) is 0 Å². The second kappa shape index (κ2) is 8.09. The van der Waals surface area contributed by atoms with Crippen molar-refractivity contribution in [2.75, 3.05) is 10.6 Å². The highest BCUT2D eigenvalue weighted by Crippen LogP contribution is 2.24. The fourth-order valence-electron chi connectivity index (χ4n) is 2.20. The Morgan fingerprint density at radius 1 is 1.04 bits per heavy atom. The van der Waals surface area contributed by atoms with Gasteiger partial charge < -0.3 is 15.6 Å². The Kier molecular flexibility index (Phi) is 5.89. The van der Waals surface area contributed by atoms with Crippen LogP contribution in [-0.4, -0.2) is 21.8 Å². The van der Waals surface area contributed by atoms with E-state index in [1.165, 1.54) is 0 Å². The average Bonchev–Trinajstić information content (AvgIpc) is 2.54. The molecule has 0 atom stereocenters. The van der Waals surface area contributed by atoms with E-state index in [1.807, 2.05) is 18.8 Å². The van der Waals surface area contributed by atoms with E-state index in [1.54, 1.807) is 18.2 Å². The molecule has 4 N–H and O–H groups in total. The zero-order valence-electron chi connectivity index (χ0n) is 14.1. The van der Waals surface area contributed by atoms with Crippen LogP contribution in [0.1, 0.15) is 42.2 Å². The molecule has 0 radical (unpaired) electrons. The van der Waals surface area contributed by atoms with Gasteiger partial charge in [-0.1, -0.05) is 19.4 Å². The van der Waals surface area contributed by atoms with Gasteiger partial charge in [0.1, 0.15) is 5.69 Å². The van der Waals surface area contributed by atoms with Crippen LogP contribution in [0.5, 0.6) is 0 Å². The molecule has 0 saturated heterocycles. The number of aromatic nitrogens is 2. The van der Waals surface area contributed by atoms with Crippen LogP contribution in [-0.2, 0) is 4.79 Å². The molecule has 1 heterocycles. The van der Waals surface area contributed by atoms with E-state index in [4.69, 9.17) is 0 Å². The van der Waals surface area contributed by atoms with E-state index in [0.717, 1.165) is 24.5 Å². The van der Waals surface area contributed by atoms with Crippen LogP contribution in [0.25, 0.3) is 0 Å². The first-order chi connectivity index (χ1) is 11.9. The van der Waals surface area contributed by atoms with Gasteiger partial charge in [0.15, 0.2) is 0 Å². The Morgan fingerprint density at radius 3 is 2.48 bits per heavy atom. The first-order valence-electron chi connectivity index (χ1n) is 7.94. The van der Waals surface area contributed by atoms with E-state index in [9.17, 15) is 19.2 Å². The monoisotopic (exact) mass is 344 g/mol. The Hall–Kier alpha value is -3.16. The predicted molar refractivity (Wildman–Crippen MR) is 95.0 cm³/mol. The number of aryl methyl sites for hydroxylation is 1. The third-order valence-corrected chi connectivity index (χ3v) is 3.46. The lowest BCUT2D eigenvalue weighted by molar-refractivity contribution is -0.116. The lowest BCUT2D eigenvalue weighted by atomic mass is 10.1. The fraction of sp³-hybridized carbons (Fsp3) is 0.294. The molecule has 0 aliphatic heterocycles. The summed E-state index contributed by atoms with van der Waals surface area (Å²) in [6, 6.07) is 6.18. The molecule has 0 spiro atoms. The number of amides is 2. The number of hydrogen-bond donors (Lipinski definition) is 4. The van der Waals surface area contributed by atoms with Crippen LogP contribution in [0.3, 0.4) is 0 Å². The lowest BCUT2D eigenvalue weighted by Crippen LogP contribution is -2.27. The van der Waals surface area contributed by atoms with Crippen LogP contribution >= 0.6 is 0 Å². The summed E-state index contributed by atoms with van der Waals surface area (Å²) in [5, 5.41) is 5.37. The van der Waals surface area contributed by atoms with Gasteiger partial charge >= 0.3 is 5.69 Å². The molecule has 0 fully saturated rings. The van der Waals surface area contributed by atoms with Crippen molar-refractivity contribution in [3.63, 3.8) is 0 Å². The largest absolute Gasteiger partial charge is 0.326 e. The van der Waals surface area contributed by atoms with Gasteiger partial charge in [0, 0.05) is 12.5 Å². The van der Waals surface area contributed by atoms with Crippen molar-refractivity contribution in [1.29, 1.82) is 0 Å². The third kappa shape index (κ3) is 5.17. The number of nitrogens with one attached hydrogen (secondary N) is 4. The molecular weight excluding hydrogens is 324 g/mol. The number of aromatic amines is 2. The molecule has 0 bridgehead atoms. The zero-order valence-corrected chi connectivity index (χ0v) is 14.1. The van der Waals surface area contributed by atoms with Gasteiger partial charge in [0.05, 0.1) is 11.4 Å². The molecule has 25 heavy (non-hydrogen) atoms. The fourth-order valence-corrected chi connectivity index (χ4v) is 2.20. The summed E-state index contributed by atoms with van der Waals surface area (Å²) in [7, 11) is 0. The molecule has 2 amide bonds. The molecule has 0 aliphatic carbocycles. The highest BCUT2D eigenvalue weighted by molar-refractivity contribution is 6.06. The smallest absolute Gasteiger partial charge is 0.324 e. The van der Waals surface area contributed by atoms with Crippen molar-refractivity contribution in [2.24, 2.45) is 0 Å². The summed E-state index contributed by atoms with van der Waals surface area (Å²) in [6.07, 6.45) is 2.06. The van der Waals surface area contributed by atoms with E-state index in [2.05, 4.69) is 15.6 Å². The van der Waals surface area contributed by atoms with Gasteiger partial charge in [-0.15, -0.1) is 0 Å². The molecule has 8 nitrogen and oxygen atoms in total. The van der Waals surface area contributed by atoms with Crippen LogP contribution in [0.4, 0.5) is 11.4 Å². The van der Waals surface area contributed by atoms with Crippen molar-refractivity contribution in [2.45, 2.75) is 33.1 Å². The van der Waals surface area contributed by atoms with Crippen LogP contribution in [0.15, 0.2) is 33.9 Å². The second-order valence-corrected chi connectivity index (χ2v) is 5.66. The molecular formula is C17H20N4O4. The SMILES string of the molecule is CCCCC(=O)Nc1ccc(C)cc1NC(=O)c1cc(=O)[nH]c(=O)[nH]1. The molecule has 8 heteroatoms. The number of rotatable bonds is 6. The predicted octanol–water partition coefficient (Wildman–Crippen LogP) is 1.75. The summed E-state index contributed by atoms with van der Waals surface area (Å²) in [4.78, 5) is 51.1. The van der Waals surface area contributed by atoms with Gasteiger partial charge in [-0.2, -0.15) is 0 Å². The third-order valence-electron chi connectivity index (χ3n) is 3.46. The number of carbonyl (C=O) groups is 2. The summed E-state index contributed by atoms with van der Waals surface area (Å²) in [5.74, 6) is -0.802. The maximum Gasteiger partial charge on any atom is 0.326 e. The Bertz CT molecular complexity index is 870. The first kappa shape index (κ1) is 18.2. The molecule has 0 unspecified atom stereocenters. The van der Waals surface area contributed by atoms with E-state index in [-0.39, 0.29) is 11.6 Å². The average molecular weight is 344 g/mol. The topological polar surface area (TPSA) is 124 Å². The van der Waals surface area contributed by atoms with E-state index in [0.29, 0.717) is 17.8 Å². The number of H-pyrrole nitrogens is 2. The summed E-state index contributed by atoms with van der Waals surface area (Å²) >= 11 is 0. The number of unbranched alkanes of at least 4 members (excludes halogenated alkanes) is 1. The molecule has 0 saturated carbocycles. The van der Waals surface area contributed by atoms with Crippen LogP contribution in [0, 0.1) is 6.92 Å². The van der Waals surface area contributed by atoms with Crippen LogP contribution in [0.2, 0.25) is 0 Å². The van der Waals surface area contributed by atoms with Crippen molar-refractivity contribution in [1.82, 2.24) is 9.97 Å². The number of benzene rings is 1. The molecule has 1 aromatic carbocycles. The zero-order chi connectivity index (χ0) is 18.4. The van der Waals surface area contributed by atoms with Crippen molar-refractivity contribution >= 4 is 23.2 Å². The maximum absolute atomic E-state index is 12.3. The highest BCUT2D eigenvalue weighted by Gasteiger charge is 2.13.